The first-order chi connectivity index (χ1) is 6.83. The van der Waals surface area contributed by atoms with Crippen LogP contribution in [0.2, 0.25) is 0 Å². The van der Waals surface area contributed by atoms with Gasteiger partial charge in [-0.3, -0.25) is 0 Å². The molecule has 1 aliphatic heterocycles. The standard InChI is InChI=1S/C8H14ClN5/c1-13-8(10-11-12-13)14-5-3-2-4-7(14)6-9/h7H,2-6H2,1H3. The molecule has 2 rings (SSSR count). The van der Waals surface area contributed by atoms with E-state index in [1.807, 2.05) is 7.05 Å². The van der Waals surface area contributed by atoms with Crippen molar-refractivity contribution in [2.45, 2.75) is 25.3 Å². The van der Waals surface area contributed by atoms with Crippen molar-refractivity contribution in [2.24, 2.45) is 7.05 Å². The van der Waals surface area contributed by atoms with Crippen molar-refractivity contribution in [2.75, 3.05) is 17.3 Å². The SMILES string of the molecule is Cn1nnnc1N1CCCCC1CCl. The Balaban J connectivity index is 2.19. The number of alkyl halides is 1. The van der Waals surface area contributed by atoms with Crippen LogP contribution in [0.1, 0.15) is 19.3 Å². The zero-order valence-electron chi connectivity index (χ0n) is 8.23. The minimum atomic E-state index is 0.384. The highest BCUT2D eigenvalue weighted by atomic mass is 35.5. The molecule has 1 aromatic rings. The quantitative estimate of drug-likeness (QED) is 0.685. The number of hydrogen-bond donors (Lipinski definition) is 0. The van der Waals surface area contributed by atoms with E-state index in [4.69, 9.17) is 11.6 Å². The fourth-order valence-corrected chi connectivity index (χ4v) is 2.21. The summed E-state index contributed by atoms with van der Waals surface area (Å²) in [6, 6.07) is 0.384. The summed E-state index contributed by atoms with van der Waals surface area (Å²) >= 11 is 5.92. The van der Waals surface area contributed by atoms with Crippen LogP contribution < -0.4 is 4.90 Å². The van der Waals surface area contributed by atoms with Crippen LogP contribution in [0.4, 0.5) is 5.95 Å². The Kier molecular flexibility index (Phi) is 2.86. The van der Waals surface area contributed by atoms with Gasteiger partial charge in [-0.15, -0.1) is 11.6 Å². The Labute approximate surface area is 88.0 Å². The lowest BCUT2D eigenvalue weighted by Crippen LogP contribution is -2.42. The maximum Gasteiger partial charge on any atom is 0.245 e. The second-order valence-electron chi connectivity index (χ2n) is 3.60. The van der Waals surface area contributed by atoms with Crippen molar-refractivity contribution >= 4 is 17.5 Å². The highest BCUT2D eigenvalue weighted by molar-refractivity contribution is 6.18. The summed E-state index contributed by atoms with van der Waals surface area (Å²) in [6.45, 7) is 1.01. The molecule has 78 valence electrons. The second-order valence-corrected chi connectivity index (χ2v) is 3.91. The smallest absolute Gasteiger partial charge is 0.245 e. The Morgan fingerprint density at radius 1 is 1.50 bits per heavy atom. The molecule has 0 bridgehead atoms. The summed E-state index contributed by atoms with van der Waals surface area (Å²) in [5.41, 5.74) is 0. The van der Waals surface area contributed by atoms with Gasteiger partial charge in [-0.1, -0.05) is 5.10 Å². The van der Waals surface area contributed by atoms with Gasteiger partial charge >= 0.3 is 0 Å². The van der Waals surface area contributed by atoms with Gasteiger partial charge in [0.1, 0.15) is 0 Å². The Bertz CT molecular complexity index is 300. The minimum absolute atomic E-state index is 0.384. The van der Waals surface area contributed by atoms with Crippen molar-refractivity contribution in [3.63, 3.8) is 0 Å². The highest BCUT2D eigenvalue weighted by Crippen LogP contribution is 2.22. The van der Waals surface area contributed by atoms with E-state index >= 15 is 0 Å². The van der Waals surface area contributed by atoms with Gasteiger partial charge < -0.3 is 4.90 Å². The maximum atomic E-state index is 5.92. The molecule has 0 aliphatic carbocycles. The normalized spacial score (nSPS) is 22.7. The van der Waals surface area contributed by atoms with Crippen LogP contribution in [-0.4, -0.2) is 38.7 Å². The Hall–Kier alpha value is -0.840. The third-order valence-electron chi connectivity index (χ3n) is 2.66. The van der Waals surface area contributed by atoms with Crippen LogP contribution in [0.5, 0.6) is 0 Å². The molecule has 0 aromatic carbocycles. The molecule has 0 amide bonds. The van der Waals surface area contributed by atoms with E-state index in [0.717, 1.165) is 18.9 Å². The van der Waals surface area contributed by atoms with E-state index in [-0.39, 0.29) is 0 Å². The van der Waals surface area contributed by atoms with Crippen LogP contribution in [0.15, 0.2) is 0 Å². The number of rotatable bonds is 2. The van der Waals surface area contributed by atoms with Crippen LogP contribution in [0, 0.1) is 0 Å². The molecule has 1 aliphatic rings. The summed E-state index contributed by atoms with van der Waals surface area (Å²) in [6.07, 6.45) is 3.58. The zero-order valence-corrected chi connectivity index (χ0v) is 8.98. The number of anilines is 1. The van der Waals surface area contributed by atoms with E-state index in [9.17, 15) is 0 Å². The lowest BCUT2D eigenvalue weighted by molar-refractivity contribution is 0.473. The molecule has 0 saturated carbocycles. The van der Waals surface area contributed by atoms with Crippen LogP contribution in [-0.2, 0) is 7.05 Å². The predicted octanol–water partition coefficient (Wildman–Crippen LogP) is 0.808. The topological polar surface area (TPSA) is 46.8 Å². The van der Waals surface area contributed by atoms with E-state index in [1.54, 1.807) is 4.68 Å². The predicted molar refractivity (Wildman–Crippen MR) is 54.5 cm³/mol. The Morgan fingerprint density at radius 2 is 2.36 bits per heavy atom. The van der Waals surface area contributed by atoms with Crippen LogP contribution >= 0.6 is 11.6 Å². The van der Waals surface area contributed by atoms with Gasteiger partial charge in [-0.25, -0.2) is 4.68 Å². The summed E-state index contributed by atoms with van der Waals surface area (Å²) in [7, 11) is 1.86. The molecule has 5 nitrogen and oxygen atoms in total. The first kappa shape index (κ1) is 9.71. The van der Waals surface area contributed by atoms with E-state index < -0.39 is 0 Å². The molecule has 0 spiro atoms. The molecule has 6 heteroatoms. The molecule has 0 radical (unpaired) electrons. The van der Waals surface area contributed by atoms with Crippen LogP contribution in [0.3, 0.4) is 0 Å². The van der Waals surface area contributed by atoms with E-state index in [2.05, 4.69) is 20.4 Å². The molecule has 2 heterocycles. The van der Waals surface area contributed by atoms with Gasteiger partial charge in [0.05, 0.1) is 0 Å². The lowest BCUT2D eigenvalue weighted by atomic mass is 10.0. The molecule has 14 heavy (non-hydrogen) atoms. The molecule has 1 saturated heterocycles. The average molecular weight is 216 g/mol. The third-order valence-corrected chi connectivity index (χ3v) is 3.02. The fraction of sp³-hybridized carbons (Fsp3) is 0.875. The number of halogens is 1. The van der Waals surface area contributed by atoms with Crippen molar-refractivity contribution in [1.82, 2.24) is 20.2 Å². The number of nitrogens with zero attached hydrogens (tertiary/aromatic N) is 5. The van der Waals surface area contributed by atoms with Crippen molar-refractivity contribution in [3.8, 4) is 0 Å². The fourth-order valence-electron chi connectivity index (χ4n) is 1.89. The number of aromatic nitrogens is 4. The van der Waals surface area contributed by atoms with Crippen molar-refractivity contribution in [3.05, 3.63) is 0 Å². The average Bonchev–Trinajstić information content (AvgIpc) is 2.64. The van der Waals surface area contributed by atoms with Gasteiger partial charge in [0, 0.05) is 25.5 Å². The summed E-state index contributed by atoms with van der Waals surface area (Å²) < 4.78 is 1.70. The van der Waals surface area contributed by atoms with Gasteiger partial charge in [-0.05, 0) is 29.7 Å². The minimum Gasteiger partial charge on any atom is -0.336 e. The van der Waals surface area contributed by atoms with Crippen molar-refractivity contribution in [1.29, 1.82) is 0 Å². The lowest BCUT2D eigenvalue weighted by Gasteiger charge is -2.34. The van der Waals surface area contributed by atoms with E-state index in [1.165, 1.54) is 12.8 Å². The molecular formula is C8H14ClN5. The Morgan fingerprint density at radius 3 is 3.00 bits per heavy atom. The molecule has 0 N–H and O–H groups in total. The monoisotopic (exact) mass is 215 g/mol. The largest absolute Gasteiger partial charge is 0.336 e. The first-order valence-corrected chi connectivity index (χ1v) is 5.41. The van der Waals surface area contributed by atoms with Crippen molar-refractivity contribution < 1.29 is 0 Å². The number of hydrogen-bond acceptors (Lipinski definition) is 4. The zero-order chi connectivity index (χ0) is 9.97. The second kappa shape index (κ2) is 4.13. The highest BCUT2D eigenvalue weighted by Gasteiger charge is 2.25. The van der Waals surface area contributed by atoms with E-state index in [0.29, 0.717) is 11.9 Å². The number of piperidine rings is 1. The number of aryl methyl sites for hydroxylation is 1. The summed E-state index contributed by atoms with van der Waals surface area (Å²) in [5.74, 6) is 1.47. The van der Waals surface area contributed by atoms with Gasteiger partial charge in [-0.2, -0.15) is 0 Å². The van der Waals surface area contributed by atoms with Gasteiger partial charge in [0.15, 0.2) is 0 Å². The molecule has 1 aromatic heterocycles. The molecular weight excluding hydrogens is 202 g/mol. The number of tetrazole rings is 1. The van der Waals surface area contributed by atoms with Gasteiger partial charge in [0.25, 0.3) is 0 Å². The molecule has 1 unspecified atom stereocenters. The maximum absolute atomic E-state index is 5.92. The molecule has 1 fully saturated rings. The third kappa shape index (κ3) is 1.68. The first-order valence-electron chi connectivity index (χ1n) is 4.88. The van der Waals surface area contributed by atoms with Gasteiger partial charge in [0.2, 0.25) is 5.95 Å². The van der Waals surface area contributed by atoms with Crippen LogP contribution in [0.25, 0.3) is 0 Å². The summed E-state index contributed by atoms with van der Waals surface area (Å²) in [5, 5.41) is 11.5. The molecule has 1 atom stereocenters. The summed E-state index contributed by atoms with van der Waals surface area (Å²) in [4.78, 5) is 2.20.